The van der Waals surface area contributed by atoms with Crippen molar-refractivity contribution < 1.29 is 24.2 Å². The molecule has 28 heavy (non-hydrogen) atoms. The first kappa shape index (κ1) is 20.3. The van der Waals surface area contributed by atoms with Crippen LogP contribution in [0.4, 0.5) is 0 Å². The fourth-order valence-corrected chi connectivity index (χ4v) is 4.18. The van der Waals surface area contributed by atoms with Gasteiger partial charge in [0.2, 0.25) is 5.91 Å². The van der Waals surface area contributed by atoms with Gasteiger partial charge >= 0.3 is 5.97 Å². The normalized spacial score (nSPS) is 24.1. The van der Waals surface area contributed by atoms with E-state index in [1.807, 2.05) is 26.0 Å². The van der Waals surface area contributed by atoms with Gasteiger partial charge in [0.05, 0.1) is 12.0 Å². The quantitative estimate of drug-likeness (QED) is 0.832. The molecule has 0 saturated carbocycles. The van der Waals surface area contributed by atoms with E-state index in [-0.39, 0.29) is 30.2 Å². The number of ether oxygens (including phenoxy) is 1. The molecule has 2 saturated heterocycles. The van der Waals surface area contributed by atoms with Crippen LogP contribution in [-0.2, 0) is 20.9 Å². The molecular formula is C21H28N2O5. The molecule has 7 heteroatoms. The smallest absolute Gasteiger partial charge is 0.311 e. The van der Waals surface area contributed by atoms with Gasteiger partial charge in [0.15, 0.2) is 0 Å². The maximum atomic E-state index is 12.9. The van der Waals surface area contributed by atoms with Crippen LogP contribution in [0.15, 0.2) is 24.3 Å². The average Bonchev–Trinajstić information content (AvgIpc) is 3.08. The van der Waals surface area contributed by atoms with E-state index < -0.39 is 11.4 Å². The number of carboxylic acids is 1. The average molecular weight is 388 g/mol. The largest absolute Gasteiger partial charge is 0.481 e. The molecule has 0 aromatic heterocycles. The number of carboxylic acid groups (broad SMARTS) is 1. The summed E-state index contributed by atoms with van der Waals surface area (Å²) in [6, 6.07) is 7.18. The Morgan fingerprint density at radius 3 is 2.54 bits per heavy atom. The summed E-state index contributed by atoms with van der Waals surface area (Å²) >= 11 is 0. The van der Waals surface area contributed by atoms with Crippen molar-refractivity contribution in [2.75, 3.05) is 33.4 Å². The van der Waals surface area contributed by atoms with Gasteiger partial charge in [-0.1, -0.05) is 26.0 Å². The van der Waals surface area contributed by atoms with Gasteiger partial charge in [0.25, 0.3) is 5.91 Å². The van der Waals surface area contributed by atoms with E-state index in [1.165, 1.54) is 0 Å². The maximum absolute atomic E-state index is 12.9. The summed E-state index contributed by atoms with van der Waals surface area (Å²) in [5.74, 6) is -1.16. The molecule has 2 aliphatic heterocycles. The van der Waals surface area contributed by atoms with Crippen LogP contribution in [0.3, 0.4) is 0 Å². The third-order valence-electron chi connectivity index (χ3n) is 5.91. The summed E-state index contributed by atoms with van der Waals surface area (Å²) in [7, 11) is 1.76. The number of hydrogen-bond acceptors (Lipinski definition) is 4. The van der Waals surface area contributed by atoms with Crippen molar-refractivity contribution in [1.82, 2.24) is 9.80 Å². The molecule has 1 aromatic carbocycles. The first-order chi connectivity index (χ1) is 13.2. The lowest BCUT2D eigenvalue weighted by Gasteiger charge is -2.33. The number of carbonyl (C=O) groups excluding carboxylic acids is 2. The molecule has 7 nitrogen and oxygen atoms in total. The van der Waals surface area contributed by atoms with E-state index in [4.69, 9.17) is 4.74 Å². The monoisotopic (exact) mass is 388 g/mol. The maximum Gasteiger partial charge on any atom is 0.311 e. The summed E-state index contributed by atoms with van der Waals surface area (Å²) in [6.45, 7) is 5.64. The number of benzene rings is 1. The highest BCUT2D eigenvalue weighted by Crippen LogP contribution is 2.42. The van der Waals surface area contributed by atoms with Gasteiger partial charge in [-0.2, -0.15) is 0 Å². The predicted molar refractivity (Wildman–Crippen MR) is 103 cm³/mol. The number of carbonyl (C=O) groups is 3. The Kier molecular flexibility index (Phi) is 5.74. The second-order valence-electron chi connectivity index (χ2n) is 8.21. The molecule has 2 heterocycles. The first-order valence-corrected chi connectivity index (χ1v) is 9.69. The van der Waals surface area contributed by atoms with E-state index in [1.54, 1.807) is 29.0 Å². The lowest BCUT2D eigenvalue weighted by atomic mass is 9.74. The first-order valence-electron chi connectivity index (χ1n) is 9.69. The minimum Gasteiger partial charge on any atom is -0.481 e. The molecule has 0 bridgehead atoms. The summed E-state index contributed by atoms with van der Waals surface area (Å²) in [4.78, 5) is 40.1. The second kappa shape index (κ2) is 7.91. The predicted octanol–water partition coefficient (Wildman–Crippen LogP) is 1.86. The molecule has 3 rings (SSSR count). The van der Waals surface area contributed by atoms with Crippen LogP contribution in [0, 0.1) is 17.3 Å². The molecule has 152 valence electrons. The molecule has 0 aliphatic carbocycles. The summed E-state index contributed by atoms with van der Waals surface area (Å²) in [5, 5.41) is 9.75. The number of hydrogen-bond donors (Lipinski definition) is 1. The summed E-state index contributed by atoms with van der Waals surface area (Å²) in [6.07, 6.45) is 0.436. The Labute approximate surface area is 165 Å². The fourth-order valence-electron chi connectivity index (χ4n) is 4.18. The molecule has 0 radical (unpaired) electrons. The highest BCUT2D eigenvalue weighted by atomic mass is 16.5. The minimum absolute atomic E-state index is 0.0601. The molecule has 2 amide bonds. The van der Waals surface area contributed by atoms with Crippen LogP contribution in [0.1, 0.15) is 36.2 Å². The number of rotatable bonds is 5. The van der Waals surface area contributed by atoms with Crippen LogP contribution in [0.25, 0.3) is 0 Å². The third-order valence-corrected chi connectivity index (χ3v) is 5.91. The third kappa shape index (κ3) is 3.76. The lowest BCUT2D eigenvalue weighted by molar-refractivity contribution is -0.157. The number of fused-ring (bicyclic) bond motifs is 1. The van der Waals surface area contributed by atoms with Crippen LogP contribution < -0.4 is 0 Å². The van der Waals surface area contributed by atoms with E-state index in [0.29, 0.717) is 38.3 Å². The zero-order valence-corrected chi connectivity index (χ0v) is 16.7. The van der Waals surface area contributed by atoms with Crippen molar-refractivity contribution in [3.63, 3.8) is 0 Å². The highest BCUT2D eigenvalue weighted by molar-refractivity contribution is 5.95. The second-order valence-corrected chi connectivity index (χ2v) is 8.21. The highest BCUT2D eigenvalue weighted by Gasteiger charge is 2.54. The van der Waals surface area contributed by atoms with E-state index in [9.17, 15) is 19.5 Å². The van der Waals surface area contributed by atoms with Crippen molar-refractivity contribution in [2.24, 2.45) is 17.3 Å². The zero-order chi connectivity index (χ0) is 20.5. The van der Waals surface area contributed by atoms with Gasteiger partial charge < -0.3 is 19.6 Å². The van der Waals surface area contributed by atoms with E-state index >= 15 is 0 Å². The van der Waals surface area contributed by atoms with Crippen LogP contribution in [-0.4, -0.2) is 66.0 Å². The van der Waals surface area contributed by atoms with Crippen LogP contribution >= 0.6 is 0 Å². The topological polar surface area (TPSA) is 87.2 Å². The Hall–Kier alpha value is -2.41. The molecular weight excluding hydrogens is 360 g/mol. The lowest BCUT2D eigenvalue weighted by Crippen LogP contribution is -2.45. The standard InChI is InChI=1S/C21H28N2O5/c1-14(2)18(24)22(3)10-15-4-6-16(7-5-15)19(25)23-11-17-12-28-9-8-21(17,13-23)20(26)27/h4-7,14,17H,8-13H2,1-3H3,(H,26,27)/t17-,21+/m0/s1. The van der Waals surface area contributed by atoms with Gasteiger partial charge in [0, 0.05) is 50.7 Å². The van der Waals surface area contributed by atoms with Gasteiger partial charge in [0.1, 0.15) is 0 Å². The molecule has 0 unspecified atom stereocenters. The molecule has 2 fully saturated rings. The number of amides is 2. The molecule has 1 aromatic rings. The Bertz CT molecular complexity index is 761. The van der Waals surface area contributed by atoms with Crippen molar-refractivity contribution in [3.8, 4) is 0 Å². The number of nitrogens with zero attached hydrogens (tertiary/aromatic N) is 2. The van der Waals surface area contributed by atoms with Gasteiger partial charge in [-0.3, -0.25) is 14.4 Å². The van der Waals surface area contributed by atoms with Crippen molar-refractivity contribution in [3.05, 3.63) is 35.4 Å². The molecule has 0 spiro atoms. The van der Waals surface area contributed by atoms with Gasteiger partial charge in [-0.25, -0.2) is 0 Å². The van der Waals surface area contributed by atoms with Gasteiger partial charge in [-0.05, 0) is 24.1 Å². The molecule has 2 aliphatic rings. The van der Waals surface area contributed by atoms with E-state index in [2.05, 4.69) is 0 Å². The number of likely N-dealkylation sites (tertiary alicyclic amines) is 1. The van der Waals surface area contributed by atoms with E-state index in [0.717, 1.165) is 5.56 Å². The van der Waals surface area contributed by atoms with Crippen LogP contribution in [0.5, 0.6) is 0 Å². The van der Waals surface area contributed by atoms with Crippen molar-refractivity contribution >= 4 is 17.8 Å². The molecule has 1 N–H and O–H groups in total. The zero-order valence-electron chi connectivity index (χ0n) is 16.7. The van der Waals surface area contributed by atoms with Crippen LogP contribution in [0.2, 0.25) is 0 Å². The Morgan fingerprint density at radius 2 is 1.96 bits per heavy atom. The Balaban J connectivity index is 1.68. The summed E-state index contributed by atoms with van der Waals surface area (Å²) in [5.41, 5.74) is 0.577. The number of aliphatic carboxylic acids is 1. The Morgan fingerprint density at radius 1 is 1.29 bits per heavy atom. The van der Waals surface area contributed by atoms with Crippen molar-refractivity contribution in [1.29, 1.82) is 0 Å². The summed E-state index contributed by atoms with van der Waals surface area (Å²) < 4.78 is 5.45. The molecule has 2 atom stereocenters. The van der Waals surface area contributed by atoms with Crippen molar-refractivity contribution in [2.45, 2.75) is 26.8 Å². The van der Waals surface area contributed by atoms with Gasteiger partial charge in [-0.15, -0.1) is 0 Å². The minimum atomic E-state index is -0.895. The fraction of sp³-hybridized carbons (Fsp3) is 0.571. The SMILES string of the molecule is CC(C)C(=O)N(C)Cc1ccc(C(=O)N2C[C@H]3COCC[C@@]3(C(=O)O)C2)cc1.